The molecule has 0 aromatic carbocycles. The van der Waals surface area contributed by atoms with Gasteiger partial charge in [-0.15, -0.1) is 0 Å². The topological polar surface area (TPSA) is 42.1 Å². The first-order valence-electron chi connectivity index (χ1n) is 7.54. The summed E-state index contributed by atoms with van der Waals surface area (Å²) < 4.78 is 0. The minimum Gasteiger partial charge on any atom is -0.359 e. The maximum absolute atomic E-state index is 5.75. The number of nitrogens with two attached hydrogens (primary N) is 1. The van der Waals surface area contributed by atoms with Crippen LogP contribution in [0.3, 0.4) is 0 Å². The van der Waals surface area contributed by atoms with E-state index in [4.69, 9.17) is 5.73 Å². The Kier molecular flexibility index (Phi) is 3.48. The van der Waals surface area contributed by atoms with Gasteiger partial charge in [0.2, 0.25) is 0 Å². The molecule has 2 fully saturated rings. The van der Waals surface area contributed by atoms with Crippen molar-refractivity contribution in [2.75, 3.05) is 18.5 Å². The van der Waals surface area contributed by atoms with Crippen molar-refractivity contribution in [3.05, 3.63) is 23.4 Å². The lowest BCUT2D eigenvalue weighted by molar-refractivity contribution is 0.337. The van der Waals surface area contributed by atoms with Crippen LogP contribution in [-0.4, -0.2) is 18.6 Å². The third kappa shape index (κ3) is 2.62. The summed E-state index contributed by atoms with van der Waals surface area (Å²) in [7, 11) is 2.17. The number of pyridine rings is 1. The average molecular weight is 259 g/mol. The van der Waals surface area contributed by atoms with Crippen LogP contribution in [0.2, 0.25) is 0 Å². The highest BCUT2D eigenvalue weighted by molar-refractivity contribution is 5.42. The van der Waals surface area contributed by atoms with Crippen molar-refractivity contribution < 1.29 is 0 Å². The quantitative estimate of drug-likeness (QED) is 0.904. The number of hydrogen-bond donors (Lipinski definition) is 1. The van der Waals surface area contributed by atoms with Gasteiger partial charge in [0.25, 0.3) is 0 Å². The minimum atomic E-state index is 0.596. The van der Waals surface area contributed by atoms with Crippen LogP contribution < -0.4 is 10.6 Å². The number of aromatic nitrogens is 1. The average Bonchev–Trinajstić information content (AvgIpc) is 3.00. The van der Waals surface area contributed by atoms with Crippen molar-refractivity contribution >= 4 is 5.82 Å². The third-order valence-electron chi connectivity index (χ3n) is 5.02. The van der Waals surface area contributed by atoms with Gasteiger partial charge in [-0.05, 0) is 61.6 Å². The third-order valence-corrected chi connectivity index (χ3v) is 5.02. The summed E-state index contributed by atoms with van der Waals surface area (Å²) in [4.78, 5) is 6.99. The second kappa shape index (κ2) is 5.12. The van der Waals surface area contributed by atoms with E-state index >= 15 is 0 Å². The molecule has 19 heavy (non-hydrogen) atoms. The highest BCUT2D eigenvalue weighted by Crippen LogP contribution is 2.48. The molecule has 1 heterocycles. The first kappa shape index (κ1) is 12.9. The highest BCUT2D eigenvalue weighted by Gasteiger charge is 2.39. The lowest BCUT2D eigenvalue weighted by Gasteiger charge is -2.28. The molecular weight excluding hydrogens is 234 g/mol. The number of aryl methyl sites for hydroxylation is 1. The fourth-order valence-electron chi connectivity index (χ4n) is 4.08. The maximum atomic E-state index is 5.75. The van der Waals surface area contributed by atoms with Gasteiger partial charge in [0.05, 0.1) is 0 Å². The molecular formula is C16H25N3. The summed E-state index contributed by atoms with van der Waals surface area (Å²) >= 11 is 0. The van der Waals surface area contributed by atoms with Crippen LogP contribution in [-0.2, 0) is 6.54 Å². The van der Waals surface area contributed by atoms with Gasteiger partial charge in [0.15, 0.2) is 0 Å². The molecule has 0 saturated heterocycles. The monoisotopic (exact) mass is 259 g/mol. The van der Waals surface area contributed by atoms with E-state index in [1.165, 1.54) is 31.2 Å². The molecule has 0 spiro atoms. The van der Waals surface area contributed by atoms with E-state index in [2.05, 4.69) is 29.1 Å². The molecule has 2 aliphatic rings. The van der Waals surface area contributed by atoms with Gasteiger partial charge >= 0.3 is 0 Å². The number of nitrogens with zero attached hydrogens (tertiary/aromatic N) is 2. The summed E-state index contributed by atoms with van der Waals surface area (Å²) in [5.74, 6) is 3.97. The highest BCUT2D eigenvalue weighted by atomic mass is 15.2. The normalized spacial score (nSPS) is 28.9. The molecule has 2 aliphatic carbocycles. The van der Waals surface area contributed by atoms with Crippen LogP contribution in [0.15, 0.2) is 12.1 Å². The Labute approximate surface area is 116 Å². The van der Waals surface area contributed by atoms with Gasteiger partial charge in [-0.2, -0.15) is 0 Å². The van der Waals surface area contributed by atoms with Crippen LogP contribution in [0.25, 0.3) is 0 Å². The number of fused-ring (bicyclic) bond motifs is 2. The van der Waals surface area contributed by atoms with Gasteiger partial charge in [-0.1, -0.05) is 6.42 Å². The molecule has 2 saturated carbocycles. The van der Waals surface area contributed by atoms with Gasteiger partial charge in [0.1, 0.15) is 5.82 Å². The van der Waals surface area contributed by atoms with Crippen LogP contribution in [0.4, 0.5) is 5.82 Å². The Morgan fingerprint density at radius 2 is 2.16 bits per heavy atom. The molecule has 1 aromatic rings. The predicted octanol–water partition coefficient (Wildman–Crippen LogP) is 2.72. The fourth-order valence-corrected chi connectivity index (χ4v) is 4.08. The Bertz CT molecular complexity index is 457. The summed E-state index contributed by atoms with van der Waals surface area (Å²) in [6.45, 7) is 3.80. The lowest BCUT2D eigenvalue weighted by atomic mass is 9.88. The molecule has 2 N–H and O–H groups in total. The number of hydrogen-bond acceptors (Lipinski definition) is 3. The van der Waals surface area contributed by atoms with Crippen molar-refractivity contribution in [1.29, 1.82) is 0 Å². The SMILES string of the molecule is Cc1cc(CN)cc(N(C)CC2CC3CCC2C3)n1. The second-order valence-electron chi connectivity index (χ2n) is 6.49. The maximum Gasteiger partial charge on any atom is 0.128 e. The van der Waals surface area contributed by atoms with Crippen molar-refractivity contribution in [3.63, 3.8) is 0 Å². The van der Waals surface area contributed by atoms with Crippen molar-refractivity contribution in [3.8, 4) is 0 Å². The molecule has 3 rings (SSSR count). The Morgan fingerprint density at radius 1 is 1.32 bits per heavy atom. The smallest absolute Gasteiger partial charge is 0.128 e. The molecule has 104 valence electrons. The van der Waals surface area contributed by atoms with E-state index in [1.54, 1.807) is 0 Å². The van der Waals surface area contributed by atoms with Crippen molar-refractivity contribution in [1.82, 2.24) is 4.98 Å². The first-order chi connectivity index (χ1) is 9.15. The molecule has 0 amide bonds. The molecule has 2 bridgehead atoms. The molecule has 3 unspecified atom stereocenters. The molecule has 0 radical (unpaired) electrons. The van der Waals surface area contributed by atoms with Crippen LogP contribution in [0.1, 0.15) is 36.9 Å². The number of anilines is 1. The summed E-state index contributed by atoms with van der Waals surface area (Å²) in [5.41, 5.74) is 8.00. The zero-order chi connectivity index (χ0) is 13.4. The predicted molar refractivity (Wildman–Crippen MR) is 79.1 cm³/mol. The largest absolute Gasteiger partial charge is 0.359 e. The summed E-state index contributed by atoms with van der Waals surface area (Å²) in [5, 5.41) is 0. The van der Waals surface area contributed by atoms with Crippen LogP contribution in [0.5, 0.6) is 0 Å². The van der Waals surface area contributed by atoms with Gasteiger partial charge in [-0.25, -0.2) is 4.98 Å². The van der Waals surface area contributed by atoms with Gasteiger partial charge < -0.3 is 10.6 Å². The molecule has 3 nitrogen and oxygen atoms in total. The summed E-state index contributed by atoms with van der Waals surface area (Å²) in [6.07, 6.45) is 5.85. The van der Waals surface area contributed by atoms with Crippen LogP contribution >= 0.6 is 0 Å². The molecule has 3 atom stereocenters. The minimum absolute atomic E-state index is 0.596. The van der Waals surface area contributed by atoms with Crippen LogP contribution in [0, 0.1) is 24.7 Å². The van der Waals surface area contributed by atoms with Crippen molar-refractivity contribution in [2.45, 2.75) is 39.2 Å². The Hall–Kier alpha value is -1.09. The zero-order valence-corrected chi connectivity index (χ0v) is 12.1. The van der Waals surface area contributed by atoms with E-state index in [0.29, 0.717) is 6.54 Å². The van der Waals surface area contributed by atoms with Gasteiger partial charge in [-0.3, -0.25) is 0 Å². The number of rotatable bonds is 4. The van der Waals surface area contributed by atoms with Gasteiger partial charge in [0, 0.05) is 25.8 Å². The Morgan fingerprint density at radius 3 is 2.79 bits per heavy atom. The van der Waals surface area contributed by atoms with E-state index in [-0.39, 0.29) is 0 Å². The van der Waals surface area contributed by atoms with E-state index in [9.17, 15) is 0 Å². The fraction of sp³-hybridized carbons (Fsp3) is 0.688. The zero-order valence-electron chi connectivity index (χ0n) is 12.1. The van der Waals surface area contributed by atoms with E-state index in [0.717, 1.165) is 35.8 Å². The molecule has 3 heteroatoms. The lowest BCUT2D eigenvalue weighted by Crippen LogP contribution is -2.29. The van der Waals surface area contributed by atoms with E-state index in [1.807, 2.05) is 6.92 Å². The first-order valence-corrected chi connectivity index (χ1v) is 7.54. The Balaban J connectivity index is 1.70. The molecule has 1 aromatic heterocycles. The second-order valence-corrected chi connectivity index (χ2v) is 6.49. The van der Waals surface area contributed by atoms with E-state index < -0.39 is 0 Å². The molecule has 0 aliphatic heterocycles. The van der Waals surface area contributed by atoms with Crippen molar-refractivity contribution in [2.24, 2.45) is 23.5 Å². The summed E-state index contributed by atoms with van der Waals surface area (Å²) in [6, 6.07) is 4.22. The standard InChI is InChI=1S/C16H25N3/c1-11-5-13(9-17)8-16(18-11)19(2)10-15-7-12-3-4-14(15)6-12/h5,8,12,14-15H,3-4,6-7,9-10,17H2,1-2H3.